The Morgan fingerprint density at radius 1 is 1.05 bits per heavy atom. The molecule has 5 rings (SSSR count). The van der Waals surface area contributed by atoms with Crippen LogP contribution in [0.2, 0.25) is 0 Å². The molecule has 2 aromatic carbocycles. The number of aryl methyl sites for hydroxylation is 1. The smallest absolute Gasteiger partial charge is 0.274 e. The standard InChI is InChI=1S/C26H21F4N3O4/c1-12-5-17(27)14(18(28)6-12)9-31-24(36)15-10-33-21(23(35)22(15)34)25(37)32-4-3-13-7-19(29)20(30)8-16(13)26(33,2)11-32/h5-8,10,35H,3-4,9,11H2,1-2H3,(H,31,36)/t26-/m0/s1. The molecule has 0 saturated heterocycles. The lowest BCUT2D eigenvalue weighted by atomic mass is 9.85. The maximum Gasteiger partial charge on any atom is 0.274 e. The number of nitrogens with zero attached hydrogens (tertiary/aromatic N) is 2. The number of benzene rings is 2. The van der Waals surface area contributed by atoms with Crippen molar-refractivity contribution in [2.75, 3.05) is 13.1 Å². The molecule has 3 aromatic rings. The molecule has 0 saturated carbocycles. The van der Waals surface area contributed by atoms with Gasteiger partial charge in [0, 0.05) is 31.4 Å². The SMILES string of the molecule is Cc1cc(F)c(CNC(=O)c2cn3c(c(O)c2=O)C(=O)N2CCc4cc(F)c(F)cc4[C@]3(C)C2)c(F)c1. The Morgan fingerprint density at radius 3 is 2.38 bits per heavy atom. The van der Waals surface area contributed by atoms with Crippen LogP contribution in [0.15, 0.2) is 35.3 Å². The van der Waals surface area contributed by atoms with E-state index in [1.54, 1.807) is 6.92 Å². The number of nitrogens with one attached hydrogen (secondary N) is 1. The van der Waals surface area contributed by atoms with Gasteiger partial charge in [-0.3, -0.25) is 14.4 Å². The second-order valence-corrected chi connectivity index (χ2v) is 9.50. The maximum atomic E-state index is 14.3. The fourth-order valence-electron chi connectivity index (χ4n) is 5.14. The molecule has 2 N–H and O–H groups in total. The number of amides is 2. The van der Waals surface area contributed by atoms with Crippen molar-refractivity contribution in [3.8, 4) is 5.75 Å². The van der Waals surface area contributed by atoms with Crippen molar-refractivity contribution in [1.82, 2.24) is 14.8 Å². The maximum absolute atomic E-state index is 14.3. The molecule has 37 heavy (non-hydrogen) atoms. The molecule has 0 unspecified atom stereocenters. The molecule has 1 atom stereocenters. The highest BCUT2D eigenvalue weighted by atomic mass is 19.2. The number of aromatic hydroxyl groups is 1. The predicted octanol–water partition coefficient (Wildman–Crippen LogP) is 3.12. The molecule has 0 fully saturated rings. The molecule has 0 spiro atoms. The first-order chi connectivity index (χ1) is 17.4. The molecule has 0 aliphatic carbocycles. The number of hydrogen-bond donors (Lipinski definition) is 2. The molecule has 3 heterocycles. The number of rotatable bonds is 3. The van der Waals surface area contributed by atoms with Crippen molar-refractivity contribution in [3.05, 3.63) is 97.5 Å². The van der Waals surface area contributed by atoms with Gasteiger partial charge in [-0.2, -0.15) is 0 Å². The summed E-state index contributed by atoms with van der Waals surface area (Å²) in [6.07, 6.45) is 1.26. The zero-order chi connectivity index (χ0) is 26.8. The molecule has 11 heteroatoms. The summed E-state index contributed by atoms with van der Waals surface area (Å²) in [6.45, 7) is 2.66. The number of aromatic nitrogens is 1. The Bertz CT molecular complexity index is 1550. The normalized spacial score (nSPS) is 18.2. The minimum Gasteiger partial charge on any atom is -0.503 e. The van der Waals surface area contributed by atoms with E-state index in [0.717, 1.165) is 30.5 Å². The lowest BCUT2D eigenvalue weighted by Gasteiger charge is -2.42. The average molecular weight is 515 g/mol. The Hall–Kier alpha value is -4.15. The largest absolute Gasteiger partial charge is 0.503 e. The van der Waals surface area contributed by atoms with Gasteiger partial charge in [0.2, 0.25) is 5.43 Å². The molecule has 2 bridgehead atoms. The summed E-state index contributed by atoms with van der Waals surface area (Å²) in [5.74, 6) is -6.66. The van der Waals surface area contributed by atoms with Crippen LogP contribution in [0.5, 0.6) is 5.75 Å². The van der Waals surface area contributed by atoms with Crippen molar-refractivity contribution in [1.29, 1.82) is 0 Å². The van der Waals surface area contributed by atoms with E-state index in [2.05, 4.69) is 5.32 Å². The molecule has 2 amide bonds. The van der Waals surface area contributed by atoms with E-state index in [1.165, 1.54) is 16.4 Å². The summed E-state index contributed by atoms with van der Waals surface area (Å²) in [4.78, 5) is 40.4. The highest BCUT2D eigenvalue weighted by Crippen LogP contribution is 2.40. The van der Waals surface area contributed by atoms with Gasteiger partial charge in [-0.25, -0.2) is 17.6 Å². The van der Waals surface area contributed by atoms with E-state index in [4.69, 9.17) is 0 Å². The van der Waals surface area contributed by atoms with Gasteiger partial charge in [0.05, 0.1) is 5.54 Å². The number of fused-ring (bicyclic) bond motifs is 6. The topological polar surface area (TPSA) is 91.6 Å². The van der Waals surface area contributed by atoms with Gasteiger partial charge in [-0.15, -0.1) is 0 Å². The first-order valence-corrected chi connectivity index (χ1v) is 11.4. The third-order valence-electron chi connectivity index (χ3n) is 7.04. The predicted molar refractivity (Wildman–Crippen MR) is 123 cm³/mol. The van der Waals surface area contributed by atoms with Crippen LogP contribution in [-0.2, 0) is 18.5 Å². The highest BCUT2D eigenvalue weighted by Gasteiger charge is 2.46. The van der Waals surface area contributed by atoms with Gasteiger partial charge in [0.25, 0.3) is 11.8 Å². The molecular formula is C26H21F4N3O4. The molecule has 2 aliphatic rings. The number of carbonyl (C=O) groups is 2. The van der Waals surface area contributed by atoms with Gasteiger partial charge in [-0.05, 0) is 61.2 Å². The van der Waals surface area contributed by atoms with E-state index >= 15 is 0 Å². The second-order valence-electron chi connectivity index (χ2n) is 9.50. The Balaban J connectivity index is 1.62. The van der Waals surface area contributed by atoms with E-state index in [0.29, 0.717) is 16.7 Å². The third-order valence-corrected chi connectivity index (χ3v) is 7.04. The first-order valence-electron chi connectivity index (χ1n) is 11.4. The van der Waals surface area contributed by atoms with Crippen LogP contribution in [0.4, 0.5) is 17.6 Å². The van der Waals surface area contributed by atoms with Crippen molar-refractivity contribution in [3.63, 3.8) is 0 Å². The Kier molecular flexibility index (Phi) is 5.61. The van der Waals surface area contributed by atoms with Crippen LogP contribution >= 0.6 is 0 Å². The summed E-state index contributed by atoms with van der Waals surface area (Å²) in [5.41, 5.74) is -2.76. The lowest BCUT2D eigenvalue weighted by Crippen LogP contribution is -2.53. The van der Waals surface area contributed by atoms with Gasteiger partial charge in [0.15, 0.2) is 23.1 Å². The number of halogens is 4. The summed E-state index contributed by atoms with van der Waals surface area (Å²) in [6, 6.07) is 4.23. The number of carbonyl (C=O) groups excluding carboxylic acids is 2. The van der Waals surface area contributed by atoms with Crippen LogP contribution in [0, 0.1) is 30.2 Å². The summed E-state index contributed by atoms with van der Waals surface area (Å²) in [5, 5.41) is 13.0. The van der Waals surface area contributed by atoms with Crippen LogP contribution < -0.4 is 10.7 Å². The average Bonchev–Trinajstić information content (AvgIpc) is 2.95. The quantitative estimate of drug-likeness (QED) is 0.525. The molecule has 1 aromatic heterocycles. The van der Waals surface area contributed by atoms with E-state index < -0.39 is 75.2 Å². The minimum atomic E-state index is -1.28. The fourth-order valence-corrected chi connectivity index (χ4v) is 5.14. The van der Waals surface area contributed by atoms with Crippen LogP contribution in [0.1, 0.15) is 50.0 Å². The van der Waals surface area contributed by atoms with Crippen molar-refractivity contribution >= 4 is 11.8 Å². The van der Waals surface area contributed by atoms with Crippen LogP contribution in [0.3, 0.4) is 0 Å². The molecular weight excluding hydrogens is 494 g/mol. The van der Waals surface area contributed by atoms with E-state index in [9.17, 15) is 37.1 Å². The van der Waals surface area contributed by atoms with Crippen LogP contribution in [-0.4, -0.2) is 39.5 Å². The monoisotopic (exact) mass is 515 g/mol. The van der Waals surface area contributed by atoms with E-state index in [-0.39, 0.29) is 19.5 Å². The molecule has 0 radical (unpaired) electrons. The van der Waals surface area contributed by atoms with Crippen LogP contribution in [0.25, 0.3) is 0 Å². The Labute approximate surface area is 207 Å². The van der Waals surface area contributed by atoms with Gasteiger partial charge < -0.3 is 19.9 Å². The number of hydrogen-bond acceptors (Lipinski definition) is 4. The van der Waals surface area contributed by atoms with Gasteiger partial charge in [0.1, 0.15) is 17.2 Å². The molecule has 192 valence electrons. The van der Waals surface area contributed by atoms with E-state index in [1.807, 2.05) is 0 Å². The van der Waals surface area contributed by atoms with Crippen molar-refractivity contribution in [2.45, 2.75) is 32.4 Å². The third kappa shape index (κ3) is 3.76. The summed E-state index contributed by atoms with van der Waals surface area (Å²) < 4.78 is 58.0. The summed E-state index contributed by atoms with van der Waals surface area (Å²) >= 11 is 0. The minimum absolute atomic E-state index is 0.0000636. The van der Waals surface area contributed by atoms with Crippen molar-refractivity contribution < 1.29 is 32.3 Å². The molecule has 7 nitrogen and oxygen atoms in total. The zero-order valence-corrected chi connectivity index (χ0v) is 19.8. The second kappa shape index (κ2) is 8.46. The number of pyridine rings is 1. The Morgan fingerprint density at radius 2 is 1.70 bits per heavy atom. The van der Waals surface area contributed by atoms with Gasteiger partial charge in [-0.1, -0.05) is 0 Å². The highest BCUT2D eigenvalue weighted by molar-refractivity contribution is 5.99. The lowest BCUT2D eigenvalue weighted by molar-refractivity contribution is 0.0623. The van der Waals surface area contributed by atoms with Gasteiger partial charge >= 0.3 is 0 Å². The molecule has 2 aliphatic heterocycles. The zero-order valence-electron chi connectivity index (χ0n) is 19.8. The fraction of sp³-hybridized carbons (Fsp3) is 0.269. The van der Waals surface area contributed by atoms with Crippen molar-refractivity contribution in [2.24, 2.45) is 0 Å². The summed E-state index contributed by atoms with van der Waals surface area (Å²) in [7, 11) is 0. The first kappa shape index (κ1) is 24.5.